The minimum atomic E-state index is 0.439. The van der Waals surface area contributed by atoms with Gasteiger partial charge >= 0.3 is 0 Å². The Bertz CT molecular complexity index is 938. The largest absolute Gasteiger partial charge is 0.372 e. The van der Waals surface area contributed by atoms with E-state index in [4.69, 9.17) is 11.6 Å². The summed E-state index contributed by atoms with van der Waals surface area (Å²) in [5, 5.41) is 15.2. The molecule has 0 aliphatic carbocycles. The lowest BCUT2D eigenvalue weighted by Crippen LogP contribution is -2.29. The summed E-state index contributed by atoms with van der Waals surface area (Å²) >= 11 is 6.18. The van der Waals surface area contributed by atoms with Gasteiger partial charge in [-0.15, -0.1) is 5.10 Å². The Balaban J connectivity index is 1.43. The van der Waals surface area contributed by atoms with Gasteiger partial charge in [-0.05, 0) is 68.1 Å². The van der Waals surface area contributed by atoms with Crippen LogP contribution in [-0.4, -0.2) is 28.3 Å². The fraction of sp³-hybridized carbons (Fsp3) is 0.286. The third kappa shape index (κ3) is 4.51. The van der Waals surface area contributed by atoms with E-state index in [1.54, 1.807) is 6.20 Å². The van der Waals surface area contributed by atoms with E-state index < -0.39 is 0 Å². The lowest BCUT2D eigenvalue weighted by atomic mass is 10.1. The molecule has 1 aliphatic rings. The zero-order valence-corrected chi connectivity index (χ0v) is 16.6. The van der Waals surface area contributed by atoms with Gasteiger partial charge in [-0.2, -0.15) is 10.1 Å². The molecule has 0 atom stereocenters. The number of rotatable bonds is 5. The van der Waals surface area contributed by atoms with E-state index >= 15 is 0 Å². The van der Waals surface area contributed by atoms with Crippen molar-refractivity contribution in [1.82, 2.24) is 15.2 Å². The summed E-state index contributed by atoms with van der Waals surface area (Å²) in [4.78, 5) is 6.91. The van der Waals surface area contributed by atoms with Crippen LogP contribution in [0.25, 0.3) is 0 Å². The maximum absolute atomic E-state index is 6.18. The van der Waals surface area contributed by atoms with Crippen LogP contribution in [0.4, 0.5) is 28.8 Å². The van der Waals surface area contributed by atoms with Crippen LogP contribution >= 0.6 is 11.6 Å². The zero-order chi connectivity index (χ0) is 19.3. The molecule has 6 nitrogen and oxygen atoms in total. The standard InChI is InChI=1S/C21H23ClN6/c1-15-5-6-17(13-19(15)22)24-20-14-23-27-21(26-20)25-16-7-9-18(10-8-16)28-11-3-2-4-12-28/h5-10,13-14H,2-4,11-12H2,1H3,(H2,24,25,26,27). The first-order valence-corrected chi connectivity index (χ1v) is 9.90. The molecule has 1 aliphatic heterocycles. The number of piperidine rings is 1. The summed E-state index contributed by atoms with van der Waals surface area (Å²) in [5.74, 6) is 1.04. The number of hydrogen-bond donors (Lipinski definition) is 2. The minimum absolute atomic E-state index is 0.439. The molecule has 3 aromatic rings. The van der Waals surface area contributed by atoms with Crippen LogP contribution in [0.3, 0.4) is 0 Å². The van der Waals surface area contributed by atoms with E-state index in [1.807, 2.05) is 37.3 Å². The van der Waals surface area contributed by atoms with Gasteiger partial charge in [0.15, 0.2) is 5.82 Å². The maximum atomic E-state index is 6.18. The predicted molar refractivity (Wildman–Crippen MR) is 115 cm³/mol. The molecule has 144 valence electrons. The highest BCUT2D eigenvalue weighted by Crippen LogP contribution is 2.24. The maximum Gasteiger partial charge on any atom is 0.249 e. The molecular weight excluding hydrogens is 372 g/mol. The van der Waals surface area contributed by atoms with Crippen LogP contribution in [-0.2, 0) is 0 Å². The van der Waals surface area contributed by atoms with Crippen LogP contribution < -0.4 is 15.5 Å². The van der Waals surface area contributed by atoms with E-state index in [1.165, 1.54) is 24.9 Å². The summed E-state index contributed by atoms with van der Waals surface area (Å²) in [6.07, 6.45) is 5.45. The van der Waals surface area contributed by atoms with Gasteiger partial charge in [-0.25, -0.2) is 0 Å². The number of aromatic nitrogens is 3. The van der Waals surface area contributed by atoms with Crippen molar-refractivity contribution >= 4 is 40.4 Å². The van der Waals surface area contributed by atoms with Crippen molar-refractivity contribution in [3.8, 4) is 0 Å². The molecule has 1 aromatic heterocycles. The molecule has 0 spiro atoms. The number of nitrogens with one attached hydrogen (secondary N) is 2. The Morgan fingerprint density at radius 3 is 2.43 bits per heavy atom. The number of hydrogen-bond acceptors (Lipinski definition) is 6. The van der Waals surface area contributed by atoms with Gasteiger partial charge < -0.3 is 15.5 Å². The van der Waals surface area contributed by atoms with Crippen LogP contribution in [0.1, 0.15) is 24.8 Å². The van der Waals surface area contributed by atoms with Crippen molar-refractivity contribution in [3.63, 3.8) is 0 Å². The average Bonchev–Trinajstić information content (AvgIpc) is 2.72. The molecule has 0 amide bonds. The highest BCUT2D eigenvalue weighted by Gasteiger charge is 2.11. The second kappa shape index (κ2) is 8.44. The molecule has 0 unspecified atom stereocenters. The van der Waals surface area contributed by atoms with Crippen molar-refractivity contribution in [2.24, 2.45) is 0 Å². The molecule has 2 N–H and O–H groups in total. The second-order valence-electron chi connectivity index (χ2n) is 6.97. The van der Waals surface area contributed by atoms with Crippen LogP contribution in [0.5, 0.6) is 0 Å². The van der Waals surface area contributed by atoms with Gasteiger partial charge in [0.1, 0.15) is 0 Å². The third-order valence-corrected chi connectivity index (χ3v) is 5.25. The Morgan fingerprint density at radius 2 is 1.68 bits per heavy atom. The molecule has 2 heterocycles. The SMILES string of the molecule is Cc1ccc(Nc2cnnc(Nc3ccc(N4CCCCC4)cc3)n2)cc1Cl. The smallest absolute Gasteiger partial charge is 0.249 e. The Hall–Kier alpha value is -2.86. The second-order valence-corrected chi connectivity index (χ2v) is 7.38. The summed E-state index contributed by atoms with van der Waals surface area (Å²) in [7, 11) is 0. The van der Waals surface area contributed by atoms with Gasteiger partial charge in [0.05, 0.1) is 6.20 Å². The molecule has 7 heteroatoms. The Morgan fingerprint density at radius 1 is 0.929 bits per heavy atom. The van der Waals surface area contributed by atoms with E-state index in [-0.39, 0.29) is 0 Å². The third-order valence-electron chi connectivity index (χ3n) is 4.85. The first kappa shape index (κ1) is 18.5. The number of nitrogens with zero attached hydrogens (tertiary/aromatic N) is 4. The number of aryl methyl sites for hydroxylation is 1. The molecule has 0 radical (unpaired) electrons. The summed E-state index contributed by atoms with van der Waals surface area (Å²) in [6.45, 7) is 4.24. The van der Waals surface area contributed by atoms with Crippen LogP contribution in [0.15, 0.2) is 48.7 Å². The Labute approximate surface area is 170 Å². The van der Waals surface area contributed by atoms with Crippen molar-refractivity contribution in [2.75, 3.05) is 28.6 Å². The molecule has 2 aromatic carbocycles. The molecule has 1 fully saturated rings. The molecule has 1 saturated heterocycles. The van der Waals surface area contributed by atoms with Crippen molar-refractivity contribution < 1.29 is 0 Å². The van der Waals surface area contributed by atoms with Gasteiger partial charge in [-0.1, -0.05) is 17.7 Å². The normalized spacial score (nSPS) is 14.0. The summed E-state index contributed by atoms with van der Waals surface area (Å²) < 4.78 is 0. The van der Waals surface area contributed by atoms with Crippen molar-refractivity contribution in [2.45, 2.75) is 26.2 Å². The van der Waals surface area contributed by atoms with E-state index in [9.17, 15) is 0 Å². The van der Waals surface area contributed by atoms with Gasteiger partial charge in [-0.3, -0.25) is 0 Å². The number of anilines is 5. The summed E-state index contributed by atoms with van der Waals surface area (Å²) in [6, 6.07) is 14.2. The van der Waals surface area contributed by atoms with E-state index in [0.29, 0.717) is 16.8 Å². The van der Waals surface area contributed by atoms with Crippen LogP contribution in [0, 0.1) is 6.92 Å². The molecule has 0 saturated carbocycles. The predicted octanol–water partition coefficient (Wildman–Crippen LogP) is 5.31. The lowest BCUT2D eigenvalue weighted by Gasteiger charge is -2.28. The lowest BCUT2D eigenvalue weighted by molar-refractivity contribution is 0.578. The first-order chi connectivity index (χ1) is 13.7. The quantitative estimate of drug-likeness (QED) is 0.611. The summed E-state index contributed by atoms with van der Waals surface area (Å²) in [5.41, 5.74) is 4.07. The molecule has 28 heavy (non-hydrogen) atoms. The monoisotopic (exact) mass is 394 g/mol. The fourth-order valence-electron chi connectivity index (χ4n) is 3.27. The van der Waals surface area contributed by atoms with Gasteiger partial charge in [0, 0.05) is 35.2 Å². The molecular formula is C21H23ClN6. The first-order valence-electron chi connectivity index (χ1n) is 9.52. The van der Waals surface area contributed by atoms with Gasteiger partial charge in [0.2, 0.25) is 5.95 Å². The zero-order valence-electron chi connectivity index (χ0n) is 15.8. The number of halogens is 1. The molecule has 4 rings (SSSR count). The van der Waals surface area contributed by atoms with Gasteiger partial charge in [0.25, 0.3) is 0 Å². The number of benzene rings is 2. The Kier molecular flexibility index (Phi) is 5.58. The van der Waals surface area contributed by atoms with Crippen LogP contribution in [0.2, 0.25) is 5.02 Å². The van der Waals surface area contributed by atoms with Crippen molar-refractivity contribution in [3.05, 3.63) is 59.2 Å². The highest BCUT2D eigenvalue weighted by atomic mass is 35.5. The topological polar surface area (TPSA) is 66.0 Å². The molecule has 0 bridgehead atoms. The fourth-order valence-corrected chi connectivity index (χ4v) is 3.45. The van der Waals surface area contributed by atoms with E-state index in [2.05, 4.69) is 42.8 Å². The van der Waals surface area contributed by atoms with E-state index in [0.717, 1.165) is 30.0 Å². The van der Waals surface area contributed by atoms with Crippen molar-refractivity contribution in [1.29, 1.82) is 0 Å². The minimum Gasteiger partial charge on any atom is -0.372 e. The average molecular weight is 395 g/mol. The highest BCUT2D eigenvalue weighted by molar-refractivity contribution is 6.31.